The standard InChI is InChI=1S/C17H26FNO2/c1-4-5-6-15(13-7-9-14(18)10-8-13)19-16(17(20)21)11-12(2)3/h7-10,12,15-16,19H,4-6,11H2,1-3H3,(H,20,21). The number of hydrogen-bond donors (Lipinski definition) is 2. The molecule has 2 unspecified atom stereocenters. The van der Waals surface area contributed by atoms with Gasteiger partial charge in [-0.2, -0.15) is 0 Å². The molecule has 0 fully saturated rings. The second kappa shape index (κ2) is 8.78. The third kappa shape index (κ3) is 6.25. The molecule has 21 heavy (non-hydrogen) atoms. The summed E-state index contributed by atoms with van der Waals surface area (Å²) in [7, 11) is 0. The highest BCUT2D eigenvalue weighted by Gasteiger charge is 2.23. The summed E-state index contributed by atoms with van der Waals surface area (Å²) in [5.41, 5.74) is 0.944. The fraction of sp³-hybridized carbons (Fsp3) is 0.588. The summed E-state index contributed by atoms with van der Waals surface area (Å²) < 4.78 is 13.1. The van der Waals surface area contributed by atoms with Crippen LogP contribution >= 0.6 is 0 Å². The summed E-state index contributed by atoms with van der Waals surface area (Å²) in [6, 6.07) is 5.69. The van der Waals surface area contributed by atoms with E-state index in [2.05, 4.69) is 12.2 Å². The van der Waals surface area contributed by atoms with Crippen molar-refractivity contribution in [1.82, 2.24) is 5.32 Å². The Morgan fingerprint density at radius 3 is 2.38 bits per heavy atom. The molecule has 0 amide bonds. The predicted octanol–water partition coefficient (Wildman–Crippen LogP) is 4.15. The third-order valence-corrected chi connectivity index (χ3v) is 3.53. The fourth-order valence-electron chi connectivity index (χ4n) is 2.40. The van der Waals surface area contributed by atoms with E-state index in [-0.39, 0.29) is 11.9 Å². The lowest BCUT2D eigenvalue weighted by Gasteiger charge is -2.25. The van der Waals surface area contributed by atoms with Gasteiger partial charge in [0.05, 0.1) is 0 Å². The number of unbranched alkanes of at least 4 members (excludes halogenated alkanes) is 1. The Labute approximate surface area is 126 Å². The van der Waals surface area contributed by atoms with E-state index in [9.17, 15) is 14.3 Å². The lowest BCUT2D eigenvalue weighted by atomic mass is 9.97. The molecule has 0 aliphatic heterocycles. The number of aliphatic carboxylic acids is 1. The number of benzene rings is 1. The van der Waals surface area contributed by atoms with E-state index in [4.69, 9.17) is 0 Å². The van der Waals surface area contributed by atoms with Crippen molar-refractivity contribution in [2.75, 3.05) is 0 Å². The molecular formula is C17H26FNO2. The average Bonchev–Trinajstić information content (AvgIpc) is 2.42. The van der Waals surface area contributed by atoms with Crippen LogP contribution in [0, 0.1) is 11.7 Å². The number of nitrogens with one attached hydrogen (secondary N) is 1. The van der Waals surface area contributed by atoms with Gasteiger partial charge in [0.1, 0.15) is 11.9 Å². The van der Waals surface area contributed by atoms with Crippen LogP contribution in [0.4, 0.5) is 4.39 Å². The zero-order valence-corrected chi connectivity index (χ0v) is 13.1. The Kier molecular flexibility index (Phi) is 7.37. The van der Waals surface area contributed by atoms with Crippen LogP contribution in [-0.4, -0.2) is 17.1 Å². The van der Waals surface area contributed by atoms with Gasteiger partial charge in [0.2, 0.25) is 0 Å². The van der Waals surface area contributed by atoms with E-state index >= 15 is 0 Å². The molecule has 0 saturated heterocycles. The summed E-state index contributed by atoms with van der Waals surface area (Å²) in [6.45, 7) is 6.12. The number of carbonyl (C=O) groups is 1. The molecule has 0 saturated carbocycles. The van der Waals surface area contributed by atoms with Gasteiger partial charge in [0.15, 0.2) is 0 Å². The number of rotatable bonds is 9. The maximum absolute atomic E-state index is 13.1. The first-order chi connectivity index (χ1) is 9.93. The van der Waals surface area contributed by atoms with Crippen LogP contribution < -0.4 is 5.32 Å². The molecule has 0 bridgehead atoms. The minimum absolute atomic E-state index is 0.0506. The monoisotopic (exact) mass is 295 g/mol. The summed E-state index contributed by atoms with van der Waals surface area (Å²) in [5.74, 6) is -0.795. The molecule has 4 heteroatoms. The normalized spacial score (nSPS) is 14.1. The highest BCUT2D eigenvalue weighted by atomic mass is 19.1. The van der Waals surface area contributed by atoms with Crippen molar-refractivity contribution < 1.29 is 14.3 Å². The van der Waals surface area contributed by atoms with Gasteiger partial charge in [0, 0.05) is 6.04 Å². The van der Waals surface area contributed by atoms with Crippen molar-refractivity contribution in [2.45, 2.75) is 58.5 Å². The van der Waals surface area contributed by atoms with Crippen molar-refractivity contribution in [3.63, 3.8) is 0 Å². The van der Waals surface area contributed by atoms with Gasteiger partial charge in [-0.05, 0) is 36.5 Å². The van der Waals surface area contributed by atoms with Gasteiger partial charge in [-0.15, -0.1) is 0 Å². The molecule has 1 aromatic rings. The number of hydrogen-bond acceptors (Lipinski definition) is 2. The summed E-state index contributed by atoms with van der Waals surface area (Å²) in [6.07, 6.45) is 3.48. The van der Waals surface area contributed by atoms with Gasteiger partial charge >= 0.3 is 5.97 Å². The third-order valence-electron chi connectivity index (χ3n) is 3.53. The Morgan fingerprint density at radius 2 is 1.90 bits per heavy atom. The van der Waals surface area contributed by atoms with Crippen molar-refractivity contribution in [3.05, 3.63) is 35.6 Å². The van der Waals surface area contributed by atoms with Crippen LogP contribution in [0.2, 0.25) is 0 Å². The van der Waals surface area contributed by atoms with E-state index in [1.807, 2.05) is 13.8 Å². The minimum atomic E-state index is -0.827. The largest absolute Gasteiger partial charge is 0.480 e. The summed E-state index contributed by atoms with van der Waals surface area (Å²) >= 11 is 0. The van der Waals surface area contributed by atoms with Crippen LogP contribution in [0.25, 0.3) is 0 Å². The number of carboxylic acid groups (broad SMARTS) is 1. The van der Waals surface area contributed by atoms with Crippen LogP contribution in [0.5, 0.6) is 0 Å². The summed E-state index contributed by atoms with van der Waals surface area (Å²) in [5, 5.41) is 12.6. The van der Waals surface area contributed by atoms with Crippen LogP contribution in [-0.2, 0) is 4.79 Å². The van der Waals surface area contributed by atoms with E-state index < -0.39 is 12.0 Å². The van der Waals surface area contributed by atoms with Crippen molar-refractivity contribution in [3.8, 4) is 0 Å². The lowest BCUT2D eigenvalue weighted by Crippen LogP contribution is -2.40. The molecule has 118 valence electrons. The smallest absolute Gasteiger partial charge is 0.320 e. The van der Waals surface area contributed by atoms with Crippen LogP contribution in [0.1, 0.15) is 58.1 Å². The van der Waals surface area contributed by atoms with Gasteiger partial charge < -0.3 is 5.11 Å². The van der Waals surface area contributed by atoms with E-state index in [1.54, 1.807) is 12.1 Å². The molecule has 0 heterocycles. The molecule has 3 nitrogen and oxygen atoms in total. The predicted molar refractivity (Wildman–Crippen MR) is 82.7 cm³/mol. The van der Waals surface area contributed by atoms with Gasteiger partial charge in [0.25, 0.3) is 0 Å². The Morgan fingerprint density at radius 1 is 1.29 bits per heavy atom. The SMILES string of the molecule is CCCCC(NC(CC(C)C)C(=O)O)c1ccc(F)cc1. The maximum atomic E-state index is 13.1. The van der Waals surface area contributed by atoms with E-state index in [0.717, 1.165) is 24.8 Å². The van der Waals surface area contributed by atoms with Crippen molar-refractivity contribution >= 4 is 5.97 Å². The zero-order chi connectivity index (χ0) is 15.8. The lowest BCUT2D eigenvalue weighted by molar-refractivity contribution is -0.140. The first kappa shape index (κ1) is 17.6. The van der Waals surface area contributed by atoms with Crippen LogP contribution in [0.3, 0.4) is 0 Å². The molecule has 1 aromatic carbocycles. The topological polar surface area (TPSA) is 49.3 Å². The van der Waals surface area contributed by atoms with E-state index in [1.165, 1.54) is 12.1 Å². The number of carboxylic acids is 1. The van der Waals surface area contributed by atoms with Crippen LogP contribution in [0.15, 0.2) is 24.3 Å². The second-order valence-corrected chi connectivity index (χ2v) is 5.93. The van der Waals surface area contributed by atoms with Gasteiger partial charge in [-0.25, -0.2) is 4.39 Å². The summed E-state index contributed by atoms with van der Waals surface area (Å²) in [4.78, 5) is 11.4. The zero-order valence-electron chi connectivity index (χ0n) is 13.1. The molecule has 0 aliphatic carbocycles. The quantitative estimate of drug-likeness (QED) is 0.719. The molecule has 0 aliphatic rings. The molecular weight excluding hydrogens is 269 g/mol. The molecule has 2 atom stereocenters. The Balaban J connectivity index is 2.85. The molecule has 0 radical (unpaired) electrons. The second-order valence-electron chi connectivity index (χ2n) is 5.93. The number of halogens is 1. The first-order valence-corrected chi connectivity index (χ1v) is 7.68. The van der Waals surface area contributed by atoms with Crippen molar-refractivity contribution in [1.29, 1.82) is 0 Å². The Bertz CT molecular complexity index is 431. The average molecular weight is 295 g/mol. The van der Waals surface area contributed by atoms with Crippen molar-refractivity contribution in [2.24, 2.45) is 5.92 Å². The van der Waals surface area contributed by atoms with Gasteiger partial charge in [-0.3, -0.25) is 10.1 Å². The highest BCUT2D eigenvalue weighted by molar-refractivity contribution is 5.73. The maximum Gasteiger partial charge on any atom is 0.320 e. The highest BCUT2D eigenvalue weighted by Crippen LogP contribution is 2.22. The molecule has 0 aromatic heterocycles. The molecule has 2 N–H and O–H groups in total. The first-order valence-electron chi connectivity index (χ1n) is 7.68. The molecule has 0 spiro atoms. The Hall–Kier alpha value is -1.42. The molecule has 1 rings (SSSR count). The van der Waals surface area contributed by atoms with Gasteiger partial charge in [-0.1, -0.05) is 45.7 Å². The fourth-order valence-corrected chi connectivity index (χ4v) is 2.40. The van der Waals surface area contributed by atoms with E-state index in [0.29, 0.717) is 12.3 Å². The minimum Gasteiger partial charge on any atom is -0.480 e.